The van der Waals surface area contributed by atoms with Crippen molar-refractivity contribution < 1.29 is 23.1 Å². The van der Waals surface area contributed by atoms with E-state index >= 15 is 0 Å². The van der Waals surface area contributed by atoms with Crippen molar-refractivity contribution in [1.29, 1.82) is 0 Å². The van der Waals surface area contributed by atoms with Gasteiger partial charge in [0.15, 0.2) is 0 Å². The number of primary amides is 1. The number of likely N-dealkylation sites (tertiary alicyclic amines) is 1. The molecular weight excluding hydrogens is 454 g/mol. The number of nitrogens with two attached hydrogens (primary N) is 1. The van der Waals surface area contributed by atoms with Crippen molar-refractivity contribution in [2.45, 2.75) is 31.9 Å². The molecule has 7 nitrogen and oxygen atoms in total. The van der Waals surface area contributed by atoms with Gasteiger partial charge in [0, 0.05) is 49.9 Å². The zero-order chi connectivity index (χ0) is 24.8. The lowest BCUT2D eigenvalue weighted by atomic mass is 10.1. The zero-order valence-corrected chi connectivity index (χ0v) is 19.0. The van der Waals surface area contributed by atoms with Crippen LogP contribution < -0.4 is 15.8 Å². The van der Waals surface area contributed by atoms with Crippen LogP contribution in [-0.2, 0) is 13.2 Å². The summed E-state index contributed by atoms with van der Waals surface area (Å²) in [7, 11) is 0. The fraction of sp³-hybridized carbons (Fsp3) is 0.269. The molecule has 1 aliphatic rings. The van der Waals surface area contributed by atoms with Crippen LogP contribution in [0.5, 0.6) is 5.75 Å². The topological polar surface area (TPSA) is 97.5 Å². The number of piperidine rings is 1. The van der Waals surface area contributed by atoms with Gasteiger partial charge in [-0.05, 0) is 41.5 Å². The number of pyridine rings is 1. The number of anilines is 1. The molecular formula is C26H26F2N4O3. The van der Waals surface area contributed by atoms with Crippen molar-refractivity contribution in [2.24, 2.45) is 5.73 Å². The van der Waals surface area contributed by atoms with Crippen LogP contribution in [0.3, 0.4) is 0 Å². The second-order valence-electron chi connectivity index (χ2n) is 8.55. The van der Waals surface area contributed by atoms with E-state index in [4.69, 9.17) is 10.5 Å². The minimum absolute atomic E-state index is 0.117. The number of carbonyl (C=O) groups is 2. The molecule has 1 fully saturated rings. The van der Waals surface area contributed by atoms with Crippen LogP contribution in [0.25, 0.3) is 0 Å². The lowest BCUT2D eigenvalue weighted by Gasteiger charge is -2.31. The molecule has 1 aromatic heterocycles. The second-order valence-corrected chi connectivity index (χ2v) is 8.55. The number of hydrogen-bond acceptors (Lipinski definition) is 5. The molecule has 1 saturated heterocycles. The van der Waals surface area contributed by atoms with Crippen molar-refractivity contribution in [1.82, 2.24) is 9.88 Å². The Morgan fingerprint density at radius 1 is 1.00 bits per heavy atom. The van der Waals surface area contributed by atoms with Crippen LogP contribution in [0.4, 0.5) is 14.5 Å². The van der Waals surface area contributed by atoms with Gasteiger partial charge in [-0.25, -0.2) is 8.78 Å². The Labute approximate surface area is 201 Å². The van der Waals surface area contributed by atoms with Gasteiger partial charge in [-0.2, -0.15) is 0 Å². The van der Waals surface area contributed by atoms with Crippen molar-refractivity contribution in [3.63, 3.8) is 0 Å². The Bertz CT molecular complexity index is 1190. The number of benzene rings is 2. The van der Waals surface area contributed by atoms with Gasteiger partial charge in [0.25, 0.3) is 11.8 Å². The molecule has 1 aliphatic heterocycles. The maximum Gasteiger partial charge on any atom is 0.255 e. The molecule has 3 N–H and O–H groups in total. The first-order valence-corrected chi connectivity index (χ1v) is 11.2. The quantitative estimate of drug-likeness (QED) is 0.503. The maximum absolute atomic E-state index is 13.3. The van der Waals surface area contributed by atoms with Gasteiger partial charge in [-0.15, -0.1) is 0 Å². The SMILES string of the molecule is NC(=O)c1cncc(OCc2cccc(NC(=O)c3ccc(CN4CCC(F)(F)CC4)cc3)c2)c1. The summed E-state index contributed by atoms with van der Waals surface area (Å²) in [5.74, 6) is -2.99. The largest absolute Gasteiger partial charge is 0.487 e. The number of rotatable bonds is 8. The lowest BCUT2D eigenvalue weighted by Crippen LogP contribution is -2.38. The van der Waals surface area contributed by atoms with Gasteiger partial charge in [0.2, 0.25) is 5.91 Å². The average molecular weight is 481 g/mol. The average Bonchev–Trinajstić information content (AvgIpc) is 2.85. The maximum atomic E-state index is 13.3. The molecule has 35 heavy (non-hydrogen) atoms. The van der Waals surface area contributed by atoms with E-state index in [1.807, 2.05) is 23.1 Å². The molecule has 0 bridgehead atoms. The lowest BCUT2D eigenvalue weighted by molar-refractivity contribution is -0.0566. The summed E-state index contributed by atoms with van der Waals surface area (Å²) in [5, 5.41) is 2.87. The summed E-state index contributed by atoms with van der Waals surface area (Å²) >= 11 is 0. The van der Waals surface area contributed by atoms with Crippen LogP contribution >= 0.6 is 0 Å². The summed E-state index contributed by atoms with van der Waals surface area (Å²) in [6.07, 6.45) is 2.62. The van der Waals surface area contributed by atoms with Crippen LogP contribution in [0.2, 0.25) is 0 Å². The smallest absolute Gasteiger partial charge is 0.255 e. The number of hydrogen-bond donors (Lipinski definition) is 2. The highest BCUT2D eigenvalue weighted by Crippen LogP contribution is 2.28. The first-order chi connectivity index (χ1) is 16.8. The molecule has 0 atom stereocenters. The zero-order valence-electron chi connectivity index (χ0n) is 19.0. The molecule has 0 aliphatic carbocycles. The van der Waals surface area contributed by atoms with E-state index in [1.165, 1.54) is 18.5 Å². The summed E-state index contributed by atoms with van der Waals surface area (Å²) < 4.78 is 32.3. The number of ether oxygens (including phenoxy) is 1. The molecule has 3 aromatic rings. The normalized spacial score (nSPS) is 15.4. The molecule has 0 radical (unpaired) electrons. The summed E-state index contributed by atoms with van der Waals surface area (Å²) in [4.78, 5) is 29.9. The van der Waals surface area contributed by atoms with Gasteiger partial charge < -0.3 is 15.8 Å². The highest BCUT2D eigenvalue weighted by Gasteiger charge is 2.33. The van der Waals surface area contributed by atoms with Crippen molar-refractivity contribution in [3.05, 3.63) is 89.2 Å². The van der Waals surface area contributed by atoms with E-state index in [9.17, 15) is 18.4 Å². The monoisotopic (exact) mass is 480 g/mol. The van der Waals surface area contributed by atoms with E-state index in [-0.39, 0.29) is 30.9 Å². The molecule has 2 aromatic carbocycles. The first kappa shape index (κ1) is 24.3. The third-order valence-electron chi connectivity index (χ3n) is 5.80. The van der Waals surface area contributed by atoms with E-state index in [2.05, 4.69) is 10.3 Å². The van der Waals surface area contributed by atoms with Gasteiger partial charge in [0.05, 0.1) is 11.8 Å². The van der Waals surface area contributed by atoms with Gasteiger partial charge in [-0.3, -0.25) is 19.5 Å². The summed E-state index contributed by atoms with van der Waals surface area (Å²) in [6.45, 7) is 1.52. The number of aromatic nitrogens is 1. The minimum atomic E-state index is -2.56. The Kier molecular flexibility index (Phi) is 7.36. The Hall–Kier alpha value is -3.85. The van der Waals surface area contributed by atoms with E-state index in [0.29, 0.717) is 36.6 Å². The van der Waals surface area contributed by atoms with Crippen LogP contribution in [0.15, 0.2) is 67.0 Å². The third kappa shape index (κ3) is 6.83. The van der Waals surface area contributed by atoms with Crippen LogP contribution in [0.1, 0.15) is 44.7 Å². The Morgan fingerprint density at radius 3 is 2.46 bits per heavy atom. The van der Waals surface area contributed by atoms with E-state index < -0.39 is 11.8 Å². The van der Waals surface area contributed by atoms with Crippen LogP contribution in [-0.4, -0.2) is 40.7 Å². The number of amides is 2. The predicted molar refractivity (Wildman–Crippen MR) is 127 cm³/mol. The number of alkyl halides is 2. The van der Waals surface area contributed by atoms with Gasteiger partial charge >= 0.3 is 0 Å². The van der Waals surface area contributed by atoms with Gasteiger partial charge in [-0.1, -0.05) is 24.3 Å². The fourth-order valence-corrected chi connectivity index (χ4v) is 3.80. The fourth-order valence-electron chi connectivity index (χ4n) is 3.80. The molecule has 0 spiro atoms. The molecule has 2 amide bonds. The molecule has 2 heterocycles. The molecule has 4 rings (SSSR count). The summed E-state index contributed by atoms with van der Waals surface area (Å²) in [5.41, 5.74) is 8.41. The van der Waals surface area contributed by atoms with Crippen molar-refractivity contribution in [3.8, 4) is 5.75 Å². The van der Waals surface area contributed by atoms with Crippen molar-refractivity contribution >= 4 is 17.5 Å². The van der Waals surface area contributed by atoms with E-state index in [0.717, 1.165) is 11.1 Å². The van der Waals surface area contributed by atoms with Crippen LogP contribution in [0, 0.1) is 0 Å². The number of halogens is 2. The second kappa shape index (κ2) is 10.6. The highest BCUT2D eigenvalue weighted by atomic mass is 19.3. The standard InChI is InChI=1S/C26H26F2N4O3/c27-26(28)8-10-32(11-9-26)16-18-4-6-20(7-5-18)25(34)31-22-3-1-2-19(12-22)17-35-23-13-21(24(29)33)14-30-15-23/h1-7,12-15H,8-11,16-17H2,(H2,29,33)(H,31,34). The van der Waals surface area contributed by atoms with Crippen molar-refractivity contribution in [2.75, 3.05) is 18.4 Å². The number of nitrogens with zero attached hydrogens (tertiary/aromatic N) is 2. The van der Waals surface area contributed by atoms with Gasteiger partial charge in [0.1, 0.15) is 12.4 Å². The highest BCUT2D eigenvalue weighted by molar-refractivity contribution is 6.04. The molecule has 0 unspecified atom stereocenters. The predicted octanol–water partition coefficient (Wildman–Crippen LogP) is 4.24. The molecule has 0 saturated carbocycles. The number of carbonyl (C=O) groups excluding carboxylic acids is 2. The minimum Gasteiger partial charge on any atom is -0.487 e. The summed E-state index contributed by atoms with van der Waals surface area (Å²) in [6, 6.07) is 15.9. The van der Waals surface area contributed by atoms with E-state index in [1.54, 1.807) is 30.3 Å². The molecule has 182 valence electrons. The number of nitrogens with one attached hydrogen (secondary N) is 1. The Balaban J connectivity index is 1.31. The first-order valence-electron chi connectivity index (χ1n) is 11.2. The Morgan fingerprint density at radius 2 is 1.74 bits per heavy atom. The molecule has 9 heteroatoms. The third-order valence-corrected chi connectivity index (χ3v) is 5.80.